The van der Waals surface area contributed by atoms with Crippen molar-refractivity contribution in [2.24, 2.45) is 0 Å². The lowest BCUT2D eigenvalue weighted by atomic mass is 10.2. The van der Waals surface area contributed by atoms with Crippen molar-refractivity contribution in [2.45, 2.75) is 24.3 Å². The van der Waals surface area contributed by atoms with Crippen LogP contribution >= 0.6 is 23.2 Å². The van der Waals surface area contributed by atoms with Gasteiger partial charge in [0.1, 0.15) is 5.69 Å². The molecule has 0 fully saturated rings. The Morgan fingerprint density at radius 1 is 0.677 bits per heavy atom. The monoisotopic (exact) mass is 928 g/mol. The van der Waals surface area contributed by atoms with Crippen molar-refractivity contribution in [3.63, 3.8) is 0 Å². The number of ether oxygens (including phenoxy) is 1. The van der Waals surface area contributed by atoms with Crippen LogP contribution in [0.5, 0.6) is 0 Å². The minimum Gasteiger partial charge on any atom is -0.460 e. The summed E-state index contributed by atoms with van der Waals surface area (Å²) in [6, 6.07) is 14.0. The van der Waals surface area contributed by atoms with Gasteiger partial charge < -0.3 is 29.9 Å². The Hall–Kier alpha value is -7.63. The number of hydrogen-bond acceptors (Lipinski definition) is 16. The van der Waals surface area contributed by atoms with Crippen molar-refractivity contribution in [3.8, 4) is 0 Å². The molecule has 8 aromatic heterocycles. The number of carbonyl (C=O) groups excluding carboxylic acids is 2. The van der Waals surface area contributed by atoms with Crippen LogP contribution in [0.25, 0.3) is 43.7 Å². The van der Waals surface area contributed by atoms with Crippen LogP contribution in [0.15, 0.2) is 119 Å². The van der Waals surface area contributed by atoms with Gasteiger partial charge in [0, 0.05) is 70.1 Å². The molecule has 0 aliphatic heterocycles. The number of esters is 1. The van der Waals surface area contributed by atoms with Crippen LogP contribution < -0.4 is 21.7 Å². The number of halogens is 2. The van der Waals surface area contributed by atoms with Gasteiger partial charge >= 0.3 is 5.97 Å². The standard InChI is InChI=1S/C19H12ClN7O2.C17H13ClN4O3.C4H5N3.3CH3.Al/c20-12-2-3-13(11-8-24-27-15(11)12)25-16-10-4-7-21-9-14(10)29-17(16)18(28)26-19-22-5-1-6-23-19;1-2-24-17(23)16-15(9-5-6-19-8-13(9)25-16)21-12-4-3-11(18)14-10(12)7-20-22-14;5-4-6-2-1-3-7-4;;;;/h1-9,25H,(H,24,27)(H,22,23,26,28);3-8,21H,2H2,1H3,(H,20,22);1-3H,(H2,5,6,7);3*1H3;. The average molecular weight is 930 g/mol. The summed E-state index contributed by atoms with van der Waals surface area (Å²) in [5.41, 5.74) is 9.93. The highest BCUT2D eigenvalue weighted by Crippen LogP contribution is 2.38. The third kappa shape index (κ3) is 10.9. The van der Waals surface area contributed by atoms with Crippen LogP contribution in [0.3, 0.4) is 0 Å². The van der Waals surface area contributed by atoms with Crippen LogP contribution in [0, 0.1) is 0 Å². The van der Waals surface area contributed by atoms with Gasteiger partial charge in [-0.15, -0.1) is 17.4 Å². The lowest BCUT2D eigenvalue weighted by Crippen LogP contribution is -2.14. The van der Waals surface area contributed by atoms with Crippen molar-refractivity contribution in [1.82, 2.24) is 50.3 Å². The van der Waals surface area contributed by atoms with Crippen LogP contribution in [0.1, 0.15) is 28.0 Å². The van der Waals surface area contributed by atoms with Crippen molar-refractivity contribution in [2.75, 3.05) is 28.3 Å². The van der Waals surface area contributed by atoms with Gasteiger partial charge in [-0.3, -0.25) is 30.3 Å². The summed E-state index contributed by atoms with van der Waals surface area (Å²) in [7, 11) is 0. The molecular formula is C43H39AlCl2N14O5. The lowest BCUT2D eigenvalue weighted by Gasteiger charge is -2.09. The van der Waals surface area contributed by atoms with Gasteiger partial charge in [0.2, 0.25) is 23.4 Å². The number of nitrogen functional groups attached to an aromatic ring is 1. The quantitative estimate of drug-likeness (QED) is 0.0611. The fourth-order valence-electron chi connectivity index (χ4n) is 5.97. The fraction of sp³-hybridized carbons (Fsp3) is 0.116. The predicted octanol–water partition coefficient (Wildman–Crippen LogP) is 9.85. The molecule has 0 saturated carbocycles. The van der Waals surface area contributed by atoms with Crippen molar-refractivity contribution >= 4 is 128 Å². The molecule has 0 bridgehead atoms. The van der Waals surface area contributed by atoms with E-state index in [9.17, 15) is 9.59 Å². The summed E-state index contributed by atoms with van der Waals surface area (Å²) in [5.74, 6) is 6.54. The number of fused-ring (bicyclic) bond motifs is 4. The van der Waals surface area contributed by atoms with E-state index in [1.54, 1.807) is 92.9 Å². The molecule has 0 aliphatic rings. The highest BCUT2D eigenvalue weighted by Gasteiger charge is 2.24. The van der Waals surface area contributed by atoms with Gasteiger partial charge in [0.25, 0.3) is 20.1 Å². The number of amides is 1. The molecule has 1 amide bonds. The number of nitrogens with zero attached hydrogens (tertiary/aromatic N) is 8. The first-order valence-electron chi connectivity index (χ1n) is 19.8. The Balaban J connectivity index is 0.000000159. The Labute approximate surface area is 383 Å². The first-order valence-corrected chi connectivity index (χ1v) is 24.0. The topological polar surface area (TPSA) is 266 Å². The number of carbonyl (C=O) groups is 2. The molecule has 10 rings (SSSR count). The summed E-state index contributed by atoms with van der Waals surface area (Å²) in [6.45, 7) is 1.99. The number of anilines is 6. The molecule has 10 aromatic rings. The van der Waals surface area contributed by atoms with E-state index in [1.807, 2.05) is 12.1 Å². The van der Waals surface area contributed by atoms with Crippen molar-refractivity contribution in [1.29, 1.82) is 0 Å². The number of pyridine rings is 2. The molecule has 0 radical (unpaired) electrons. The second-order valence-corrected chi connectivity index (χ2v) is 18.5. The molecular weight excluding hydrogens is 890 g/mol. The second-order valence-electron chi connectivity index (χ2n) is 14.2. The van der Waals surface area contributed by atoms with E-state index >= 15 is 0 Å². The maximum atomic E-state index is 12.9. The lowest BCUT2D eigenvalue weighted by molar-refractivity contribution is 0.0494. The Bertz CT molecular complexity index is 3200. The molecule has 328 valence electrons. The third-order valence-corrected chi connectivity index (χ3v) is 9.31. The summed E-state index contributed by atoms with van der Waals surface area (Å²) in [5, 5.41) is 27.1. The Morgan fingerprint density at radius 2 is 1.15 bits per heavy atom. The van der Waals surface area contributed by atoms with E-state index in [0.29, 0.717) is 60.6 Å². The van der Waals surface area contributed by atoms with Crippen LogP contribution in [0.4, 0.5) is 34.6 Å². The number of nitrogens with one attached hydrogen (secondary N) is 5. The summed E-state index contributed by atoms with van der Waals surface area (Å²) in [6.07, 6.45) is 16.0. The number of H-pyrrole nitrogens is 2. The normalized spacial score (nSPS) is 10.6. The highest BCUT2D eigenvalue weighted by molar-refractivity contribution is 6.54. The second kappa shape index (κ2) is 21.2. The fourth-order valence-corrected chi connectivity index (χ4v) is 6.39. The van der Waals surface area contributed by atoms with E-state index in [4.69, 9.17) is 42.5 Å². The number of furan rings is 2. The maximum absolute atomic E-state index is 12.9. The Morgan fingerprint density at radius 3 is 1.63 bits per heavy atom. The summed E-state index contributed by atoms with van der Waals surface area (Å²) < 4.78 is 16.5. The zero-order valence-corrected chi connectivity index (χ0v) is 37.8. The van der Waals surface area contributed by atoms with E-state index < -0.39 is 11.9 Å². The van der Waals surface area contributed by atoms with Crippen LogP contribution in [-0.2, 0) is 4.74 Å². The summed E-state index contributed by atoms with van der Waals surface area (Å²) >= 11 is 12.2. The average Bonchev–Trinajstić information content (AvgIpc) is 4.13. The largest absolute Gasteiger partial charge is 0.460 e. The molecule has 0 atom stereocenters. The van der Waals surface area contributed by atoms with Gasteiger partial charge in [-0.1, -0.05) is 23.2 Å². The number of aromatic nitrogens is 10. The van der Waals surface area contributed by atoms with Crippen molar-refractivity contribution in [3.05, 3.63) is 132 Å². The summed E-state index contributed by atoms with van der Waals surface area (Å²) in [4.78, 5) is 48.6. The molecule has 65 heavy (non-hydrogen) atoms. The first kappa shape index (κ1) is 45.4. The third-order valence-electron chi connectivity index (χ3n) is 8.68. The van der Waals surface area contributed by atoms with E-state index in [1.165, 1.54) is 12.4 Å². The molecule has 19 nitrogen and oxygen atoms in total. The Kier molecular flexibility index (Phi) is 14.8. The van der Waals surface area contributed by atoms with E-state index in [0.717, 1.165) is 21.8 Å². The zero-order valence-electron chi connectivity index (χ0n) is 35.1. The molecule has 0 spiro atoms. The van der Waals surface area contributed by atoms with Crippen molar-refractivity contribution < 1.29 is 23.2 Å². The minimum absolute atomic E-state index is 0.0760. The number of hydrogen-bond donors (Lipinski definition) is 6. The molecule has 22 heteroatoms. The van der Waals surface area contributed by atoms with E-state index in [2.05, 4.69) is 83.6 Å². The number of rotatable bonds is 8. The first-order chi connectivity index (χ1) is 31.5. The van der Waals surface area contributed by atoms with Gasteiger partial charge in [0.05, 0.1) is 58.2 Å². The molecule has 2 aromatic carbocycles. The van der Waals surface area contributed by atoms with Gasteiger partial charge in [-0.2, -0.15) is 10.2 Å². The maximum Gasteiger partial charge on any atom is 0.376 e. The highest BCUT2D eigenvalue weighted by atomic mass is 35.5. The molecule has 0 saturated heterocycles. The predicted molar refractivity (Wildman–Crippen MR) is 253 cm³/mol. The smallest absolute Gasteiger partial charge is 0.376 e. The molecule has 0 unspecified atom stereocenters. The SMILES string of the molecule is CCOC(=O)c1oc2cnccc2c1Nc1ccc(Cl)c2[nH]ncc12.Nc1ncccn1.O=C(Nc1ncccn1)c1oc2cnccc2c1Nc1ccc(Cl)c2[nH]ncc12.[CH3][Al]([CH3])[CH3]. The number of nitrogens with two attached hydrogens (primary N) is 1. The molecule has 8 heterocycles. The molecule has 0 aliphatic carbocycles. The molecule has 7 N–H and O–H groups in total. The van der Waals surface area contributed by atoms with Gasteiger partial charge in [0.15, 0.2) is 11.2 Å². The van der Waals surface area contributed by atoms with Crippen LogP contribution in [0.2, 0.25) is 27.4 Å². The number of aromatic amines is 2. The van der Waals surface area contributed by atoms with E-state index in [-0.39, 0.29) is 38.2 Å². The van der Waals surface area contributed by atoms with Gasteiger partial charge in [-0.05, 0) is 55.5 Å². The minimum atomic E-state index is -0.543. The zero-order chi connectivity index (χ0) is 45.9. The van der Waals surface area contributed by atoms with Gasteiger partial charge in [-0.25, -0.2) is 24.7 Å². The number of benzene rings is 2. The van der Waals surface area contributed by atoms with Crippen LogP contribution in [-0.4, -0.2) is 82.9 Å².